The number of halogens is 3. The summed E-state index contributed by atoms with van der Waals surface area (Å²) in [7, 11) is 0. The van der Waals surface area contributed by atoms with Gasteiger partial charge in [-0.15, -0.1) is 0 Å². The molecule has 4 heterocycles. The molecule has 35 heavy (non-hydrogen) atoms. The van der Waals surface area contributed by atoms with Gasteiger partial charge in [0.2, 0.25) is 5.95 Å². The van der Waals surface area contributed by atoms with Gasteiger partial charge in [0.1, 0.15) is 11.9 Å². The van der Waals surface area contributed by atoms with Crippen LogP contribution in [-0.2, 0) is 25.0 Å². The highest BCUT2D eigenvalue weighted by Gasteiger charge is 2.32. The van der Waals surface area contributed by atoms with Gasteiger partial charge < -0.3 is 10.6 Å². The van der Waals surface area contributed by atoms with Crippen LogP contribution in [0.25, 0.3) is 16.9 Å². The van der Waals surface area contributed by atoms with Crippen molar-refractivity contribution in [2.45, 2.75) is 52.0 Å². The summed E-state index contributed by atoms with van der Waals surface area (Å²) in [5.41, 5.74) is 1.97. The molecule has 3 aromatic heterocycles. The van der Waals surface area contributed by atoms with Gasteiger partial charge in [-0.3, -0.25) is 9.48 Å². The molecule has 4 aromatic rings. The molecule has 184 valence electrons. The Morgan fingerprint density at radius 1 is 1.14 bits per heavy atom. The number of rotatable bonds is 4. The average molecular weight is 487 g/mol. The fraction of sp³-hybridized carbons (Fsp3) is 0.391. The smallest absolute Gasteiger partial charge is 0.324 e. The van der Waals surface area contributed by atoms with Crippen molar-refractivity contribution in [3.05, 3.63) is 58.1 Å². The third-order valence-electron chi connectivity index (χ3n) is 5.83. The maximum absolute atomic E-state index is 13.4. The number of hydrogen-bond acceptors (Lipinski definition) is 6. The van der Waals surface area contributed by atoms with E-state index in [1.165, 1.54) is 17.3 Å². The third kappa shape index (κ3) is 4.53. The number of nitrogens with one attached hydrogen (secondary N) is 2. The van der Waals surface area contributed by atoms with E-state index in [4.69, 9.17) is 0 Å². The van der Waals surface area contributed by atoms with Crippen LogP contribution in [0.4, 0.5) is 24.8 Å². The highest BCUT2D eigenvalue weighted by molar-refractivity contribution is 5.77. The second-order valence-corrected chi connectivity index (χ2v) is 9.55. The van der Waals surface area contributed by atoms with Crippen molar-refractivity contribution in [3.63, 3.8) is 0 Å². The van der Waals surface area contributed by atoms with Gasteiger partial charge in [0.15, 0.2) is 11.5 Å². The van der Waals surface area contributed by atoms with E-state index >= 15 is 0 Å². The van der Waals surface area contributed by atoms with E-state index in [1.54, 1.807) is 16.9 Å². The minimum absolute atomic E-state index is 0.0263. The molecule has 9 nitrogen and oxygen atoms in total. The van der Waals surface area contributed by atoms with Crippen molar-refractivity contribution < 1.29 is 13.2 Å². The molecule has 12 heteroatoms. The summed E-state index contributed by atoms with van der Waals surface area (Å²) in [6, 6.07) is 7.48. The zero-order valence-electron chi connectivity index (χ0n) is 19.5. The Bertz CT molecular complexity index is 1460. The molecule has 0 radical (unpaired) electrons. The van der Waals surface area contributed by atoms with Crippen LogP contribution < -0.4 is 16.2 Å². The predicted octanol–water partition coefficient (Wildman–Crippen LogP) is 3.49. The first-order chi connectivity index (χ1) is 16.5. The number of benzene rings is 1. The third-order valence-corrected chi connectivity index (χ3v) is 5.83. The Hall–Kier alpha value is -3.67. The lowest BCUT2D eigenvalue weighted by molar-refractivity contribution is -0.144. The maximum atomic E-state index is 13.4. The van der Waals surface area contributed by atoms with Gasteiger partial charge in [0.05, 0.1) is 5.54 Å². The molecule has 0 fully saturated rings. The second kappa shape index (κ2) is 8.22. The highest BCUT2D eigenvalue weighted by atomic mass is 19.4. The highest BCUT2D eigenvalue weighted by Crippen LogP contribution is 2.24. The summed E-state index contributed by atoms with van der Waals surface area (Å²) >= 11 is 0. The number of aromatic nitrogens is 6. The minimum atomic E-state index is -4.62. The lowest BCUT2D eigenvalue weighted by Crippen LogP contribution is -2.30. The van der Waals surface area contributed by atoms with Crippen LogP contribution in [0.15, 0.2) is 41.5 Å². The first kappa shape index (κ1) is 23.1. The van der Waals surface area contributed by atoms with Gasteiger partial charge in [-0.2, -0.15) is 23.3 Å². The predicted molar refractivity (Wildman–Crippen MR) is 125 cm³/mol. The van der Waals surface area contributed by atoms with Crippen LogP contribution in [0.5, 0.6) is 0 Å². The molecule has 0 unspecified atom stereocenters. The molecule has 1 aliphatic rings. The largest absolute Gasteiger partial charge is 0.408 e. The van der Waals surface area contributed by atoms with Crippen LogP contribution in [0.2, 0.25) is 0 Å². The van der Waals surface area contributed by atoms with Crippen molar-refractivity contribution in [1.82, 2.24) is 34.4 Å². The van der Waals surface area contributed by atoms with Crippen LogP contribution in [0.3, 0.4) is 0 Å². The number of fused-ring (bicyclic) bond motifs is 2. The van der Waals surface area contributed by atoms with Gasteiger partial charge in [-0.1, -0.05) is 6.07 Å². The van der Waals surface area contributed by atoms with E-state index < -0.39 is 23.8 Å². The Kier molecular flexibility index (Phi) is 5.42. The molecule has 2 N–H and O–H groups in total. The molecule has 0 bridgehead atoms. The van der Waals surface area contributed by atoms with E-state index in [0.717, 1.165) is 29.9 Å². The minimum Gasteiger partial charge on any atom is -0.324 e. The van der Waals surface area contributed by atoms with Crippen molar-refractivity contribution in [3.8, 4) is 5.82 Å². The SMILES string of the molecule is CC(C)(C)n1ccc(-n2c3nc(Nc4ccc5c(c4)CCNC5)ncc3c(=O)n2CC(F)(F)F)n1. The van der Waals surface area contributed by atoms with Crippen LogP contribution in [0, 0.1) is 0 Å². The van der Waals surface area contributed by atoms with Gasteiger partial charge in [0, 0.05) is 30.7 Å². The molecule has 0 saturated heterocycles. The van der Waals surface area contributed by atoms with E-state index in [0.29, 0.717) is 4.68 Å². The monoisotopic (exact) mass is 486 g/mol. The second-order valence-electron chi connectivity index (χ2n) is 9.55. The number of anilines is 2. The maximum Gasteiger partial charge on any atom is 0.408 e. The Morgan fingerprint density at radius 3 is 2.66 bits per heavy atom. The van der Waals surface area contributed by atoms with E-state index in [9.17, 15) is 18.0 Å². The summed E-state index contributed by atoms with van der Waals surface area (Å²) in [6.07, 6.45) is -0.818. The van der Waals surface area contributed by atoms with Crippen molar-refractivity contribution in [1.29, 1.82) is 0 Å². The quantitative estimate of drug-likeness (QED) is 0.459. The molecule has 0 spiro atoms. The average Bonchev–Trinajstić information content (AvgIpc) is 3.36. The topological polar surface area (TPSA) is 94.6 Å². The van der Waals surface area contributed by atoms with Gasteiger partial charge in [0.25, 0.3) is 5.56 Å². The number of nitrogens with zero attached hydrogens (tertiary/aromatic N) is 6. The van der Waals surface area contributed by atoms with Gasteiger partial charge in [-0.05, 0) is 57.0 Å². The molecule has 0 aliphatic carbocycles. The first-order valence-electron chi connectivity index (χ1n) is 11.2. The van der Waals surface area contributed by atoms with E-state index in [1.807, 2.05) is 39.0 Å². The van der Waals surface area contributed by atoms with E-state index in [-0.39, 0.29) is 22.8 Å². The van der Waals surface area contributed by atoms with Gasteiger partial charge >= 0.3 is 6.18 Å². The number of alkyl halides is 3. The van der Waals surface area contributed by atoms with Crippen molar-refractivity contribution in [2.24, 2.45) is 0 Å². The summed E-state index contributed by atoms with van der Waals surface area (Å²) in [4.78, 5) is 21.6. The molecule has 1 aliphatic heterocycles. The fourth-order valence-corrected chi connectivity index (χ4v) is 4.12. The molecular formula is C23H25F3N8O. The van der Waals surface area contributed by atoms with Crippen molar-refractivity contribution >= 4 is 22.7 Å². The van der Waals surface area contributed by atoms with Gasteiger partial charge in [-0.25, -0.2) is 14.3 Å². The summed E-state index contributed by atoms with van der Waals surface area (Å²) in [5, 5.41) is 10.8. The Balaban J connectivity index is 1.61. The number of hydrogen-bond donors (Lipinski definition) is 2. The molecule has 0 atom stereocenters. The summed E-state index contributed by atoms with van der Waals surface area (Å²) in [5.74, 6) is 0.321. The molecule has 1 aromatic carbocycles. The lowest BCUT2D eigenvalue weighted by Gasteiger charge is -2.19. The molecular weight excluding hydrogens is 461 g/mol. The Labute approximate surface area is 198 Å². The summed E-state index contributed by atoms with van der Waals surface area (Å²) < 4.78 is 43.5. The first-order valence-corrected chi connectivity index (χ1v) is 11.2. The Morgan fingerprint density at radius 2 is 1.94 bits per heavy atom. The molecule has 0 amide bonds. The molecule has 0 saturated carbocycles. The van der Waals surface area contributed by atoms with Crippen LogP contribution in [-0.4, -0.2) is 41.8 Å². The normalized spacial score (nSPS) is 14.3. The van der Waals surface area contributed by atoms with Crippen LogP contribution in [0.1, 0.15) is 31.9 Å². The zero-order valence-corrected chi connectivity index (χ0v) is 19.5. The lowest BCUT2D eigenvalue weighted by atomic mass is 10.0. The van der Waals surface area contributed by atoms with E-state index in [2.05, 4.69) is 25.7 Å². The summed E-state index contributed by atoms with van der Waals surface area (Å²) in [6.45, 7) is 5.96. The molecule has 5 rings (SSSR count). The fourth-order valence-electron chi connectivity index (χ4n) is 4.12. The zero-order chi connectivity index (χ0) is 25.0. The standard InChI is InChI=1S/C23H25F3N8O/c1-22(2,3)33-9-7-18(31-33)34-19-17(20(35)32(34)13-23(24,25)26)12-28-21(30-19)29-16-5-4-15-11-27-8-6-14(15)10-16/h4-5,7,9-10,12,27H,6,8,11,13H2,1-3H3,(H,28,29,30). The van der Waals surface area contributed by atoms with Crippen LogP contribution >= 0.6 is 0 Å². The van der Waals surface area contributed by atoms with Crippen molar-refractivity contribution in [2.75, 3.05) is 11.9 Å².